The van der Waals surface area contributed by atoms with Crippen molar-refractivity contribution in [1.82, 2.24) is 20.2 Å². The minimum absolute atomic E-state index is 0.145. The van der Waals surface area contributed by atoms with Crippen LogP contribution in [0, 0.1) is 0 Å². The van der Waals surface area contributed by atoms with Crippen LogP contribution < -0.4 is 5.32 Å². The minimum Gasteiger partial charge on any atom is -0.341 e. The highest BCUT2D eigenvalue weighted by molar-refractivity contribution is 5.81. The number of hydrogen-bond acceptors (Lipinski definition) is 4. The Labute approximate surface area is 101 Å². The molecule has 1 aliphatic rings. The topological polar surface area (TPSA) is 58.1 Å². The first-order valence-electron chi connectivity index (χ1n) is 6.03. The molecule has 0 bridgehead atoms. The maximum Gasteiger partial charge on any atom is 0.239 e. The highest BCUT2D eigenvalue weighted by Crippen LogP contribution is 2.09. The monoisotopic (exact) mass is 234 g/mol. The molecule has 0 spiro atoms. The van der Waals surface area contributed by atoms with Crippen LogP contribution in [0.15, 0.2) is 18.7 Å². The molecule has 92 valence electrons. The van der Waals surface area contributed by atoms with Gasteiger partial charge in [-0.1, -0.05) is 0 Å². The summed E-state index contributed by atoms with van der Waals surface area (Å²) in [5, 5.41) is 3.20. The molecule has 2 rings (SSSR count). The Morgan fingerprint density at radius 2 is 2.06 bits per heavy atom. The number of amides is 1. The van der Waals surface area contributed by atoms with Crippen molar-refractivity contribution in [2.75, 3.05) is 13.1 Å². The van der Waals surface area contributed by atoms with E-state index in [0.29, 0.717) is 6.54 Å². The maximum absolute atomic E-state index is 12.0. The van der Waals surface area contributed by atoms with Crippen LogP contribution in [0.1, 0.15) is 25.3 Å². The summed E-state index contributed by atoms with van der Waals surface area (Å²) in [4.78, 5) is 21.8. The molecule has 0 aromatic carbocycles. The van der Waals surface area contributed by atoms with Crippen molar-refractivity contribution < 1.29 is 4.79 Å². The van der Waals surface area contributed by atoms with E-state index in [9.17, 15) is 4.79 Å². The first kappa shape index (κ1) is 12.0. The first-order valence-corrected chi connectivity index (χ1v) is 6.03. The molecule has 0 radical (unpaired) electrons. The lowest BCUT2D eigenvalue weighted by atomic mass is 10.2. The van der Waals surface area contributed by atoms with Gasteiger partial charge in [0.2, 0.25) is 5.91 Å². The van der Waals surface area contributed by atoms with Gasteiger partial charge >= 0.3 is 0 Å². The van der Waals surface area contributed by atoms with E-state index in [1.807, 2.05) is 11.8 Å². The molecule has 2 heterocycles. The lowest BCUT2D eigenvalue weighted by molar-refractivity contribution is -0.131. The van der Waals surface area contributed by atoms with Gasteiger partial charge in [-0.25, -0.2) is 9.97 Å². The van der Waals surface area contributed by atoms with Gasteiger partial charge in [0, 0.05) is 37.6 Å². The predicted molar refractivity (Wildman–Crippen MR) is 64.1 cm³/mol. The number of rotatable bonds is 4. The van der Waals surface area contributed by atoms with Crippen LogP contribution in [0.5, 0.6) is 0 Å². The Morgan fingerprint density at radius 3 is 2.71 bits per heavy atom. The molecule has 1 aromatic rings. The average molecular weight is 234 g/mol. The van der Waals surface area contributed by atoms with Gasteiger partial charge in [0.05, 0.1) is 6.04 Å². The van der Waals surface area contributed by atoms with Gasteiger partial charge in [-0.15, -0.1) is 0 Å². The lowest BCUT2D eigenvalue weighted by Gasteiger charge is -2.21. The largest absolute Gasteiger partial charge is 0.341 e. The van der Waals surface area contributed by atoms with Gasteiger partial charge in [0.15, 0.2) is 0 Å². The van der Waals surface area contributed by atoms with Crippen LogP contribution in [-0.4, -0.2) is 39.9 Å². The van der Waals surface area contributed by atoms with Crippen molar-refractivity contribution in [3.63, 3.8) is 0 Å². The summed E-state index contributed by atoms with van der Waals surface area (Å²) in [6.45, 7) is 4.34. The van der Waals surface area contributed by atoms with Gasteiger partial charge in [-0.05, 0) is 19.8 Å². The number of nitrogens with zero attached hydrogens (tertiary/aromatic N) is 3. The molecule has 17 heavy (non-hydrogen) atoms. The second-order valence-corrected chi connectivity index (χ2v) is 4.38. The highest BCUT2D eigenvalue weighted by Gasteiger charge is 2.22. The maximum atomic E-state index is 12.0. The zero-order valence-electron chi connectivity index (χ0n) is 10.1. The highest BCUT2D eigenvalue weighted by atomic mass is 16.2. The number of nitrogens with one attached hydrogen (secondary N) is 1. The third kappa shape index (κ3) is 3.23. The zero-order valence-corrected chi connectivity index (χ0v) is 10.1. The molecule has 1 aromatic heterocycles. The Kier molecular flexibility index (Phi) is 4.03. The molecule has 0 saturated carbocycles. The molecule has 1 aliphatic heterocycles. The zero-order chi connectivity index (χ0) is 12.1. The normalized spacial score (nSPS) is 17.1. The Hall–Kier alpha value is -1.49. The van der Waals surface area contributed by atoms with Gasteiger partial charge in [-0.2, -0.15) is 0 Å². The lowest BCUT2D eigenvalue weighted by Crippen LogP contribution is -2.43. The van der Waals surface area contributed by atoms with Crippen molar-refractivity contribution in [3.05, 3.63) is 24.3 Å². The minimum atomic E-state index is -0.145. The SMILES string of the molecule is CC(NCc1cncnc1)C(=O)N1CCCC1. The van der Waals surface area contributed by atoms with Gasteiger partial charge < -0.3 is 10.2 Å². The van der Waals surface area contributed by atoms with Crippen molar-refractivity contribution in [2.24, 2.45) is 0 Å². The summed E-state index contributed by atoms with van der Waals surface area (Å²) in [5.74, 6) is 0.194. The molecule has 1 fully saturated rings. The van der Waals surface area contributed by atoms with E-state index in [-0.39, 0.29) is 11.9 Å². The first-order chi connectivity index (χ1) is 8.27. The number of carbonyl (C=O) groups is 1. The fourth-order valence-corrected chi connectivity index (χ4v) is 1.99. The summed E-state index contributed by atoms with van der Waals surface area (Å²) < 4.78 is 0. The molecule has 5 nitrogen and oxygen atoms in total. The molecule has 1 atom stereocenters. The number of likely N-dealkylation sites (tertiary alicyclic amines) is 1. The standard InChI is InChI=1S/C12H18N4O/c1-10(12(17)16-4-2-3-5-16)15-8-11-6-13-9-14-7-11/h6-7,9-10,15H,2-5,8H2,1H3. The number of aromatic nitrogens is 2. The summed E-state index contributed by atoms with van der Waals surface area (Å²) in [7, 11) is 0. The van der Waals surface area contributed by atoms with Crippen LogP contribution in [-0.2, 0) is 11.3 Å². The summed E-state index contributed by atoms with van der Waals surface area (Å²) in [6.07, 6.45) is 7.28. The second-order valence-electron chi connectivity index (χ2n) is 4.38. The molecular formula is C12H18N4O. The van der Waals surface area contributed by atoms with Gasteiger partial charge in [-0.3, -0.25) is 4.79 Å². The molecule has 0 aliphatic carbocycles. The predicted octanol–water partition coefficient (Wildman–Crippen LogP) is 0.577. The van der Waals surface area contributed by atoms with Gasteiger partial charge in [0.1, 0.15) is 6.33 Å². The van der Waals surface area contributed by atoms with Crippen molar-refractivity contribution in [3.8, 4) is 0 Å². The van der Waals surface area contributed by atoms with E-state index in [1.54, 1.807) is 12.4 Å². The fourth-order valence-electron chi connectivity index (χ4n) is 1.99. The van der Waals surface area contributed by atoms with Crippen LogP contribution in [0.4, 0.5) is 0 Å². The Morgan fingerprint density at radius 1 is 1.41 bits per heavy atom. The van der Waals surface area contributed by atoms with Gasteiger partial charge in [0.25, 0.3) is 0 Å². The summed E-state index contributed by atoms with van der Waals surface area (Å²) in [6, 6.07) is -0.145. The smallest absolute Gasteiger partial charge is 0.239 e. The molecule has 1 unspecified atom stereocenters. The van der Waals surface area contributed by atoms with E-state index in [1.165, 1.54) is 6.33 Å². The third-order valence-corrected chi connectivity index (χ3v) is 3.01. The van der Waals surface area contributed by atoms with Crippen LogP contribution >= 0.6 is 0 Å². The number of hydrogen-bond donors (Lipinski definition) is 1. The van der Waals surface area contributed by atoms with E-state index in [0.717, 1.165) is 31.5 Å². The molecule has 1 saturated heterocycles. The molecule has 5 heteroatoms. The van der Waals surface area contributed by atoms with Crippen molar-refractivity contribution >= 4 is 5.91 Å². The van der Waals surface area contributed by atoms with Crippen molar-refractivity contribution in [1.29, 1.82) is 0 Å². The number of carbonyl (C=O) groups excluding carboxylic acids is 1. The molecule has 1 N–H and O–H groups in total. The van der Waals surface area contributed by atoms with Crippen LogP contribution in [0.3, 0.4) is 0 Å². The molecule has 1 amide bonds. The fraction of sp³-hybridized carbons (Fsp3) is 0.583. The van der Waals surface area contributed by atoms with Crippen LogP contribution in [0.2, 0.25) is 0 Å². The van der Waals surface area contributed by atoms with Crippen LogP contribution in [0.25, 0.3) is 0 Å². The second kappa shape index (κ2) is 5.72. The summed E-state index contributed by atoms with van der Waals surface area (Å²) >= 11 is 0. The Balaban J connectivity index is 1.80. The Bertz CT molecular complexity index is 362. The third-order valence-electron chi connectivity index (χ3n) is 3.01. The van der Waals surface area contributed by atoms with E-state index < -0.39 is 0 Å². The summed E-state index contributed by atoms with van der Waals surface area (Å²) in [5.41, 5.74) is 0.994. The quantitative estimate of drug-likeness (QED) is 0.828. The van der Waals surface area contributed by atoms with E-state index in [2.05, 4.69) is 15.3 Å². The average Bonchev–Trinajstić information content (AvgIpc) is 2.90. The van der Waals surface area contributed by atoms with Crippen molar-refractivity contribution in [2.45, 2.75) is 32.4 Å². The van der Waals surface area contributed by atoms with E-state index in [4.69, 9.17) is 0 Å². The van der Waals surface area contributed by atoms with E-state index >= 15 is 0 Å². The molecular weight excluding hydrogens is 216 g/mol.